The molecule has 1 unspecified atom stereocenters. The summed E-state index contributed by atoms with van der Waals surface area (Å²) >= 11 is 0. The van der Waals surface area contributed by atoms with Crippen molar-refractivity contribution < 1.29 is 18.0 Å². The van der Waals surface area contributed by atoms with E-state index < -0.39 is 12.7 Å². The Labute approximate surface area is 133 Å². The maximum atomic E-state index is 12.4. The Kier molecular flexibility index (Phi) is 4.48. The molecule has 0 saturated carbocycles. The number of likely N-dealkylation sites (tertiary alicyclic amines) is 1. The molecular formula is C16H20F3N3O. The molecule has 7 heteroatoms. The highest BCUT2D eigenvalue weighted by Gasteiger charge is 2.35. The smallest absolute Gasteiger partial charge is 0.334 e. The molecule has 2 heterocycles. The predicted octanol–water partition coefficient (Wildman–Crippen LogP) is 2.39. The van der Waals surface area contributed by atoms with Crippen molar-refractivity contribution in [1.82, 2.24) is 15.1 Å². The Bertz CT molecular complexity index is 576. The molecule has 1 fully saturated rings. The molecule has 2 amide bonds. The van der Waals surface area contributed by atoms with Crippen LogP contribution in [0.2, 0.25) is 0 Å². The van der Waals surface area contributed by atoms with E-state index in [0.29, 0.717) is 26.1 Å². The Morgan fingerprint density at radius 3 is 2.70 bits per heavy atom. The van der Waals surface area contributed by atoms with Gasteiger partial charge < -0.3 is 10.2 Å². The monoisotopic (exact) mass is 327 g/mol. The van der Waals surface area contributed by atoms with Crippen LogP contribution >= 0.6 is 0 Å². The molecule has 23 heavy (non-hydrogen) atoms. The van der Waals surface area contributed by atoms with Crippen molar-refractivity contribution in [2.24, 2.45) is 0 Å². The SMILES string of the molecule is O=C(NC1CCN(CC(F)(F)F)C1)N1CCc2ccccc2C1. The summed E-state index contributed by atoms with van der Waals surface area (Å²) in [6.07, 6.45) is -2.81. The number of nitrogens with zero attached hydrogens (tertiary/aromatic N) is 2. The second-order valence-electron chi connectivity index (χ2n) is 6.23. The van der Waals surface area contributed by atoms with Crippen LogP contribution in [-0.2, 0) is 13.0 Å². The van der Waals surface area contributed by atoms with Gasteiger partial charge in [0.2, 0.25) is 0 Å². The number of amides is 2. The Hall–Kier alpha value is -1.76. The molecular weight excluding hydrogens is 307 g/mol. The number of hydrogen-bond donors (Lipinski definition) is 1. The average Bonchev–Trinajstić information content (AvgIpc) is 2.91. The highest BCUT2D eigenvalue weighted by Crippen LogP contribution is 2.21. The quantitative estimate of drug-likeness (QED) is 0.905. The molecule has 4 nitrogen and oxygen atoms in total. The summed E-state index contributed by atoms with van der Waals surface area (Å²) in [6, 6.07) is 7.63. The molecule has 1 aromatic carbocycles. The van der Waals surface area contributed by atoms with Crippen LogP contribution in [0.15, 0.2) is 24.3 Å². The van der Waals surface area contributed by atoms with Gasteiger partial charge in [0, 0.05) is 32.2 Å². The second kappa shape index (κ2) is 6.39. The third-order valence-corrected chi connectivity index (χ3v) is 4.42. The highest BCUT2D eigenvalue weighted by atomic mass is 19.4. The second-order valence-corrected chi connectivity index (χ2v) is 6.23. The number of hydrogen-bond acceptors (Lipinski definition) is 2. The molecule has 2 aliphatic heterocycles. The number of fused-ring (bicyclic) bond motifs is 1. The van der Waals surface area contributed by atoms with Gasteiger partial charge in [-0.25, -0.2) is 4.79 Å². The van der Waals surface area contributed by atoms with Crippen molar-refractivity contribution in [3.8, 4) is 0 Å². The molecule has 1 aromatic rings. The van der Waals surface area contributed by atoms with Gasteiger partial charge in [-0.3, -0.25) is 4.90 Å². The lowest BCUT2D eigenvalue weighted by Gasteiger charge is -2.30. The zero-order valence-corrected chi connectivity index (χ0v) is 12.8. The van der Waals surface area contributed by atoms with Crippen molar-refractivity contribution in [2.45, 2.75) is 31.6 Å². The summed E-state index contributed by atoms with van der Waals surface area (Å²) < 4.78 is 37.2. The highest BCUT2D eigenvalue weighted by molar-refractivity contribution is 5.75. The average molecular weight is 327 g/mol. The minimum Gasteiger partial charge on any atom is -0.334 e. The molecule has 1 atom stereocenters. The van der Waals surface area contributed by atoms with Gasteiger partial charge in [-0.05, 0) is 24.0 Å². The van der Waals surface area contributed by atoms with E-state index in [2.05, 4.69) is 11.4 Å². The summed E-state index contributed by atoms with van der Waals surface area (Å²) in [4.78, 5) is 15.4. The van der Waals surface area contributed by atoms with Crippen LogP contribution in [0.1, 0.15) is 17.5 Å². The molecule has 0 bridgehead atoms. The first-order valence-electron chi connectivity index (χ1n) is 7.82. The summed E-state index contributed by atoms with van der Waals surface area (Å²) in [7, 11) is 0. The van der Waals surface area contributed by atoms with Crippen LogP contribution < -0.4 is 5.32 Å². The van der Waals surface area contributed by atoms with E-state index in [4.69, 9.17) is 0 Å². The normalized spacial score (nSPS) is 22.0. The molecule has 1 saturated heterocycles. The number of nitrogens with one attached hydrogen (secondary N) is 1. The van der Waals surface area contributed by atoms with Crippen molar-refractivity contribution in [2.75, 3.05) is 26.2 Å². The van der Waals surface area contributed by atoms with Crippen LogP contribution in [0.3, 0.4) is 0 Å². The van der Waals surface area contributed by atoms with Gasteiger partial charge in [0.1, 0.15) is 0 Å². The summed E-state index contributed by atoms with van der Waals surface area (Å²) in [5.74, 6) is 0. The lowest BCUT2D eigenvalue weighted by atomic mass is 10.0. The van der Waals surface area contributed by atoms with Gasteiger partial charge in [0.05, 0.1) is 6.54 Å². The molecule has 0 aromatic heterocycles. The number of carbonyl (C=O) groups excluding carboxylic acids is 1. The predicted molar refractivity (Wildman–Crippen MR) is 80.0 cm³/mol. The molecule has 3 rings (SSSR count). The molecule has 0 aliphatic carbocycles. The fraction of sp³-hybridized carbons (Fsp3) is 0.562. The van der Waals surface area contributed by atoms with E-state index in [1.165, 1.54) is 10.5 Å². The van der Waals surface area contributed by atoms with Crippen LogP contribution in [0, 0.1) is 0 Å². The maximum absolute atomic E-state index is 12.4. The van der Waals surface area contributed by atoms with Gasteiger partial charge in [-0.2, -0.15) is 13.2 Å². The standard InChI is InChI=1S/C16H20F3N3O/c17-16(18,19)11-21-7-6-14(10-21)20-15(23)22-8-5-12-3-1-2-4-13(12)9-22/h1-4,14H,5-11H2,(H,20,23). The zero-order valence-electron chi connectivity index (χ0n) is 12.8. The number of carbonyl (C=O) groups is 1. The van der Waals surface area contributed by atoms with Crippen LogP contribution in [0.5, 0.6) is 0 Å². The molecule has 1 N–H and O–H groups in total. The topological polar surface area (TPSA) is 35.6 Å². The Morgan fingerprint density at radius 1 is 1.22 bits per heavy atom. The third-order valence-electron chi connectivity index (χ3n) is 4.42. The largest absolute Gasteiger partial charge is 0.401 e. The number of halogens is 3. The number of alkyl halides is 3. The van der Waals surface area contributed by atoms with E-state index in [0.717, 1.165) is 12.0 Å². The molecule has 2 aliphatic rings. The first-order chi connectivity index (χ1) is 10.9. The lowest BCUT2D eigenvalue weighted by Crippen LogP contribution is -2.47. The van der Waals surface area contributed by atoms with Gasteiger partial charge in [0.15, 0.2) is 0 Å². The Morgan fingerprint density at radius 2 is 1.96 bits per heavy atom. The molecule has 126 valence electrons. The fourth-order valence-corrected chi connectivity index (χ4v) is 3.28. The van der Waals surface area contributed by atoms with Gasteiger partial charge in [-0.1, -0.05) is 24.3 Å². The van der Waals surface area contributed by atoms with Crippen molar-refractivity contribution in [3.63, 3.8) is 0 Å². The zero-order chi connectivity index (χ0) is 16.4. The minimum atomic E-state index is -4.19. The van der Waals surface area contributed by atoms with E-state index >= 15 is 0 Å². The third kappa shape index (κ3) is 4.16. The first kappa shape index (κ1) is 16.1. The van der Waals surface area contributed by atoms with Crippen LogP contribution in [0.4, 0.5) is 18.0 Å². The summed E-state index contributed by atoms with van der Waals surface area (Å²) in [5, 5.41) is 2.87. The number of rotatable bonds is 2. The van der Waals surface area contributed by atoms with Gasteiger partial charge >= 0.3 is 12.2 Å². The van der Waals surface area contributed by atoms with E-state index in [-0.39, 0.29) is 18.6 Å². The van der Waals surface area contributed by atoms with Gasteiger partial charge in [0.25, 0.3) is 0 Å². The summed E-state index contributed by atoms with van der Waals surface area (Å²) in [6.45, 7) is 0.919. The molecule has 0 spiro atoms. The summed E-state index contributed by atoms with van der Waals surface area (Å²) in [5.41, 5.74) is 2.40. The van der Waals surface area contributed by atoms with E-state index in [9.17, 15) is 18.0 Å². The van der Waals surface area contributed by atoms with Crippen LogP contribution in [0.25, 0.3) is 0 Å². The fourth-order valence-electron chi connectivity index (χ4n) is 3.28. The number of urea groups is 1. The van der Waals surface area contributed by atoms with E-state index in [1.807, 2.05) is 18.2 Å². The van der Waals surface area contributed by atoms with Crippen molar-refractivity contribution in [1.29, 1.82) is 0 Å². The Balaban J connectivity index is 1.51. The van der Waals surface area contributed by atoms with Crippen molar-refractivity contribution in [3.05, 3.63) is 35.4 Å². The first-order valence-corrected chi connectivity index (χ1v) is 7.82. The molecule has 0 radical (unpaired) electrons. The minimum absolute atomic E-state index is 0.182. The maximum Gasteiger partial charge on any atom is 0.401 e. The van der Waals surface area contributed by atoms with Gasteiger partial charge in [-0.15, -0.1) is 0 Å². The van der Waals surface area contributed by atoms with Crippen LogP contribution in [-0.4, -0.2) is 54.2 Å². The van der Waals surface area contributed by atoms with E-state index in [1.54, 1.807) is 4.90 Å². The lowest BCUT2D eigenvalue weighted by molar-refractivity contribution is -0.143. The number of benzene rings is 1. The van der Waals surface area contributed by atoms with Crippen molar-refractivity contribution >= 4 is 6.03 Å².